The minimum Gasteiger partial charge on any atom is -0.0985 e. The molecular weight excluding hydrogens is 180 g/mol. The van der Waals surface area contributed by atoms with Crippen LogP contribution >= 0.6 is 0 Å². The Hall–Kier alpha value is -1.30. The van der Waals surface area contributed by atoms with Gasteiger partial charge in [0.25, 0.3) is 0 Å². The van der Waals surface area contributed by atoms with Crippen LogP contribution in [0.5, 0.6) is 0 Å². The number of aryl methyl sites for hydroxylation is 2. The Morgan fingerprint density at radius 2 is 2.13 bits per heavy atom. The molecule has 0 nitrogen and oxygen atoms in total. The summed E-state index contributed by atoms with van der Waals surface area (Å²) in [4.78, 5) is 0. The Labute approximate surface area is 93.3 Å². The van der Waals surface area contributed by atoms with Gasteiger partial charge in [-0.1, -0.05) is 50.3 Å². The van der Waals surface area contributed by atoms with E-state index in [1.54, 1.807) is 0 Å². The number of rotatable bonds is 4. The molecule has 0 saturated carbocycles. The third-order valence-electron chi connectivity index (χ3n) is 2.73. The van der Waals surface area contributed by atoms with E-state index in [1.807, 2.05) is 6.08 Å². The molecule has 0 spiro atoms. The van der Waals surface area contributed by atoms with Gasteiger partial charge in [-0.15, -0.1) is 0 Å². The monoisotopic (exact) mass is 200 g/mol. The van der Waals surface area contributed by atoms with E-state index in [2.05, 4.69) is 51.6 Å². The van der Waals surface area contributed by atoms with Crippen LogP contribution in [0.1, 0.15) is 37.0 Å². The lowest BCUT2D eigenvalue weighted by molar-refractivity contribution is 0.912. The quantitative estimate of drug-likeness (QED) is 0.626. The van der Waals surface area contributed by atoms with Crippen molar-refractivity contribution >= 4 is 5.57 Å². The molecule has 0 fully saturated rings. The molecule has 0 aromatic heterocycles. The molecular formula is C15H20. The van der Waals surface area contributed by atoms with Gasteiger partial charge in [0.1, 0.15) is 0 Å². The molecule has 0 saturated heterocycles. The van der Waals surface area contributed by atoms with E-state index < -0.39 is 0 Å². The van der Waals surface area contributed by atoms with Crippen LogP contribution in [0.15, 0.2) is 36.9 Å². The van der Waals surface area contributed by atoms with Gasteiger partial charge in [0.15, 0.2) is 0 Å². The van der Waals surface area contributed by atoms with Gasteiger partial charge in [-0.2, -0.15) is 0 Å². The second-order valence-electron chi connectivity index (χ2n) is 3.84. The van der Waals surface area contributed by atoms with Crippen molar-refractivity contribution in [1.82, 2.24) is 0 Å². The summed E-state index contributed by atoms with van der Waals surface area (Å²) in [5.41, 5.74) is 5.34. The largest absolute Gasteiger partial charge is 0.0985 e. The number of hydrogen-bond acceptors (Lipinski definition) is 0. The van der Waals surface area contributed by atoms with E-state index in [0.29, 0.717) is 0 Å². The zero-order valence-corrected chi connectivity index (χ0v) is 10.0. The van der Waals surface area contributed by atoms with Gasteiger partial charge in [0.05, 0.1) is 0 Å². The first kappa shape index (κ1) is 11.8. The smallest absolute Gasteiger partial charge is 0.0185 e. The van der Waals surface area contributed by atoms with Crippen molar-refractivity contribution in [1.29, 1.82) is 0 Å². The fraction of sp³-hybridized carbons (Fsp3) is 0.333. The molecule has 15 heavy (non-hydrogen) atoms. The first-order valence-electron chi connectivity index (χ1n) is 5.61. The minimum absolute atomic E-state index is 1.16. The first-order chi connectivity index (χ1) is 7.22. The highest BCUT2D eigenvalue weighted by Gasteiger charge is 2.01. The molecule has 80 valence electrons. The summed E-state index contributed by atoms with van der Waals surface area (Å²) in [7, 11) is 0. The molecule has 1 aromatic rings. The van der Waals surface area contributed by atoms with Crippen LogP contribution in [-0.4, -0.2) is 0 Å². The molecule has 0 unspecified atom stereocenters. The third kappa shape index (κ3) is 2.82. The van der Waals surface area contributed by atoms with Crippen molar-refractivity contribution < 1.29 is 0 Å². The fourth-order valence-electron chi connectivity index (χ4n) is 1.79. The van der Waals surface area contributed by atoms with E-state index in [9.17, 15) is 0 Å². The second-order valence-corrected chi connectivity index (χ2v) is 3.84. The van der Waals surface area contributed by atoms with Gasteiger partial charge in [-0.3, -0.25) is 0 Å². The van der Waals surface area contributed by atoms with Crippen LogP contribution in [0.25, 0.3) is 5.57 Å². The lowest BCUT2D eigenvalue weighted by Crippen LogP contribution is -1.91. The molecule has 0 bridgehead atoms. The van der Waals surface area contributed by atoms with Crippen molar-refractivity contribution in [3.05, 3.63) is 53.6 Å². The van der Waals surface area contributed by atoms with Gasteiger partial charge in [0, 0.05) is 0 Å². The molecule has 0 aliphatic heterocycles. The van der Waals surface area contributed by atoms with Gasteiger partial charge >= 0.3 is 0 Å². The molecule has 0 amide bonds. The summed E-state index contributed by atoms with van der Waals surface area (Å²) in [5, 5.41) is 0. The standard InChI is InChI=1S/C15H20/c1-5-8-14-11-15(10-9-12(14)4)13(6-2)7-3/h6-7,9-11H,2,5,8H2,1,3-4H3. The predicted molar refractivity (Wildman–Crippen MR) is 69.0 cm³/mol. The van der Waals surface area contributed by atoms with Crippen LogP contribution in [-0.2, 0) is 6.42 Å². The Balaban J connectivity index is 3.11. The van der Waals surface area contributed by atoms with Gasteiger partial charge in [-0.25, -0.2) is 0 Å². The lowest BCUT2D eigenvalue weighted by Gasteiger charge is -2.08. The molecule has 0 aliphatic carbocycles. The number of hydrogen-bond donors (Lipinski definition) is 0. The maximum Gasteiger partial charge on any atom is -0.0185 e. The highest BCUT2D eigenvalue weighted by Crippen LogP contribution is 2.20. The molecule has 0 N–H and O–H groups in total. The van der Waals surface area contributed by atoms with Crippen molar-refractivity contribution in [3.63, 3.8) is 0 Å². The Kier molecular flexibility index (Phi) is 4.36. The predicted octanol–water partition coefficient (Wildman–Crippen LogP) is 4.54. The van der Waals surface area contributed by atoms with Gasteiger partial charge in [-0.05, 0) is 42.5 Å². The average Bonchev–Trinajstić information content (AvgIpc) is 2.25. The maximum atomic E-state index is 3.84. The highest BCUT2D eigenvalue weighted by atomic mass is 14.1. The van der Waals surface area contributed by atoms with Crippen molar-refractivity contribution in [3.8, 4) is 0 Å². The molecule has 1 rings (SSSR count). The van der Waals surface area contributed by atoms with E-state index in [1.165, 1.54) is 28.7 Å². The summed E-state index contributed by atoms with van der Waals surface area (Å²) >= 11 is 0. The molecule has 0 heterocycles. The van der Waals surface area contributed by atoms with Crippen molar-refractivity contribution in [2.75, 3.05) is 0 Å². The van der Waals surface area contributed by atoms with E-state index in [0.717, 1.165) is 6.42 Å². The molecule has 0 aliphatic rings. The average molecular weight is 200 g/mol. The van der Waals surface area contributed by atoms with Crippen LogP contribution in [0.3, 0.4) is 0 Å². The SMILES string of the molecule is C=CC(=CC)c1ccc(C)c(CCC)c1. The summed E-state index contributed by atoms with van der Waals surface area (Å²) in [5.74, 6) is 0. The summed E-state index contributed by atoms with van der Waals surface area (Å²) in [6.45, 7) is 10.3. The molecule has 0 atom stereocenters. The normalized spacial score (nSPS) is 11.5. The Bertz CT molecular complexity index is 370. The maximum absolute atomic E-state index is 3.84. The minimum atomic E-state index is 1.16. The Morgan fingerprint density at radius 1 is 1.40 bits per heavy atom. The summed E-state index contributed by atoms with van der Waals surface area (Å²) < 4.78 is 0. The molecule has 0 radical (unpaired) electrons. The van der Waals surface area contributed by atoms with Crippen LogP contribution < -0.4 is 0 Å². The van der Waals surface area contributed by atoms with Crippen molar-refractivity contribution in [2.24, 2.45) is 0 Å². The second kappa shape index (κ2) is 5.55. The number of benzene rings is 1. The van der Waals surface area contributed by atoms with E-state index in [-0.39, 0.29) is 0 Å². The van der Waals surface area contributed by atoms with Gasteiger partial charge in [0.2, 0.25) is 0 Å². The fourth-order valence-corrected chi connectivity index (χ4v) is 1.79. The van der Waals surface area contributed by atoms with Crippen LogP contribution in [0, 0.1) is 6.92 Å². The van der Waals surface area contributed by atoms with Crippen LogP contribution in [0.2, 0.25) is 0 Å². The zero-order valence-electron chi connectivity index (χ0n) is 10.0. The van der Waals surface area contributed by atoms with Crippen molar-refractivity contribution in [2.45, 2.75) is 33.6 Å². The molecule has 0 heteroatoms. The third-order valence-corrected chi connectivity index (χ3v) is 2.73. The van der Waals surface area contributed by atoms with Crippen LogP contribution in [0.4, 0.5) is 0 Å². The zero-order chi connectivity index (χ0) is 11.3. The summed E-state index contributed by atoms with van der Waals surface area (Å²) in [6, 6.07) is 6.66. The number of allylic oxidation sites excluding steroid dienone is 3. The van der Waals surface area contributed by atoms with E-state index in [4.69, 9.17) is 0 Å². The highest BCUT2D eigenvalue weighted by molar-refractivity contribution is 5.73. The van der Waals surface area contributed by atoms with Gasteiger partial charge < -0.3 is 0 Å². The lowest BCUT2D eigenvalue weighted by atomic mass is 9.97. The topological polar surface area (TPSA) is 0 Å². The molecule has 1 aromatic carbocycles. The summed E-state index contributed by atoms with van der Waals surface area (Å²) in [6.07, 6.45) is 6.38. The first-order valence-corrected chi connectivity index (χ1v) is 5.61. The van der Waals surface area contributed by atoms with E-state index >= 15 is 0 Å². The Morgan fingerprint density at radius 3 is 2.67 bits per heavy atom.